The van der Waals surface area contributed by atoms with Crippen molar-refractivity contribution in [3.63, 3.8) is 0 Å². The third-order valence-electron chi connectivity index (χ3n) is 5.16. The summed E-state index contributed by atoms with van der Waals surface area (Å²) >= 11 is 0. The van der Waals surface area contributed by atoms with Crippen LogP contribution in [-0.2, 0) is 6.42 Å². The summed E-state index contributed by atoms with van der Waals surface area (Å²) in [4.78, 5) is 0. The molecule has 0 aliphatic heterocycles. The van der Waals surface area contributed by atoms with Crippen molar-refractivity contribution in [2.75, 3.05) is 14.2 Å². The van der Waals surface area contributed by atoms with Crippen molar-refractivity contribution in [3.8, 4) is 33.8 Å². The lowest BCUT2D eigenvalue weighted by atomic mass is 9.95. The fraction of sp³-hybridized carbons (Fsp3) is 0.111. The number of ether oxygens (including phenoxy) is 2. The molecule has 144 valence electrons. The van der Waals surface area contributed by atoms with Crippen LogP contribution in [0.4, 0.5) is 0 Å². The predicted octanol–water partition coefficient (Wildman–Crippen LogP) is 6.63. The molecule has 0 unspecified atom stereocenters. The van der Waals surface area contributed by atoms with Crippen molar-refractivity contribution in [2.24, 2.45) is 0 Å². The van der Waals surface area contributed by atoms with Crippen molar-refractivity contribution in [2.45, 2.75) is 6.42 Å². The highest BCUT2D eigenvalue weighted by atomic mass is 16.5. The average molecular weight is 380 g/mol. The molecule has 0 aliphatic rings. The van der Waals surface area contributed by atoms with Crippen molar-refractivity contribution < 1.29 is 9.47 Å². The van der Waals surface area contributed by atoms with E-state index in [2.05, 4.69) is 72.8 Å². The summed E-state index contributed by atoms with van der Waals surface area (Å²) < 4.78 is 11.3. The standard InChI is InChI=1S/C27H24O2/c1-28-26-15-13-22(20-9-5-3-6-10-20)17-24(26)19-25-18-23(14-16-27(25)29-2)21-11-7-4-8-12-21/h3-18H,19H2,1-2H3. The number of hydrogen-bond acceptors (Lipinski definition) is 2. The second-order valence-corrected chi connectivity index (χ2v) is 6.96. The summed E-state index contributed by atoms with van der Waals surface area (Å²) in [6, 6.07) is 33.6. The molecule has 0 fully saturated rings. The van der Waals surface area contributed by atoms with Gasteiger partial charge in [-0.05, 0) is 57.6 Å². The Morgan fingerprint density at radius 2 is 0.897 bits per heavy atom. The first-order valence-corrected chi connectivity index (χ1v) is 9.73. The molecule has 0 aromatic heterocycles. The van der Waals surface area contributed by atoms with Crippen LogP contribution in [0, 0.1) is 0 Å². The molecule has 0 radical (unpaired) electrons. The third-order valence-corrected chi connectivity index (χ3v) is 5.16. The second kappa shape index (κ2) is 8.66. The summed E-state index contributed by atoms with van der Waals surface area (Å²) in [6.45, 7) is 0. The van der Waals surface area contributed by atoms with Gasteiger partial charge in [0, 0.05) is 6.42 Å². The Balaban J connectivity index is 1.75. The van der Waals surface area contributed by atoms with Crippen molar-refractivity contribution in [1.29, 1.82) is 0 Å². The van der Waals surface area contributed by atoms with E-state index in [1.807, 2.05) is 24.3 Å². The zero-order valence-corrected chi connectivity index (χ0v) is 16.8. The van der Waals surface area contributed by atoms with Crippen LogP contribution in [0.3, 0.4) is 0 Å². The molecular formula is C27H24O2. The molecule has 0 heterocycles. The smallest absolute Gasteiger partial charge is 0.122 e. The van der Waals surface area contributed by atoms with Gasteiger partial charge in [0.2, 0.25) is 0 Å². The van der Waals surface area contributed by atoms with Gasteiger partial charge in [-0.1, -0.05) is 72.8 Å². The highest BCUT2D eigenvalue weighted by Crippen LogP contribution is 2.33. The Hall–Kier alpha value is -3.52. The molecule has 0 saturated heterocycles. The molecule has 0 saturated carbocycles. The lowest BCUT2D eigenvalue weighted by Crippen LogP contribution is -1.98. The first-order chi connectivity index (χ1) is 14.3. The van der Waals surface area contributed by atoms with Crippen LogP contribution >= 0.6 is 0 Å². The van der Waals surface area contributed by atoms with Crippen LogP contribution in [0.2, 0.25) is 0 Å². The molecular weight excluding hydrogens is 356 g/mol. The summed E-state index contributed by atoms with van der Waals surface area (Å²) in [6.07, 6.45) is 0.730. The highest BCUT2D eigenvalue weighted by molar-refractivity contribution is 5.68. The molecule has 0 N–H and O–H groups in total. The van der Waals surface area contributed by atoms with E-state index in [1.54, 1.807) is 14.2 Å². The Morgan fingerprint density at radius 3 is 1.28 bits per heavy atom. The predicted molar refractivity (Wildman–Crippen MR) is 120 cm³/mol. The molecule has 29 heavy (non-hydrogen) atoms. The third kappa shape index (κ3) is 4.17. The van der Waals surface area contributed by atoms with Crippen LogP contribution < -0.4 is 9.47 Å². The van der Waals surface area contributed by atoms with Crippen molar-refractivity contribution in [3.05, 3.63) is 108 Å². The molecule has 0 spiro atoms. The van der Waals surface area contributed by atoms with Crippen molar-refractivity contribution >= 4 is 0 Å². The van der Waals surface area contributed by atoms with Crippen molar-refractivity contribution in [1.82, 2.24) is 0 Å². The maximum absolute atomic E-state index is 5.66. The monoisotopic (exact) mass is 380 g/mol. The fourth-order valence-electron chi connectivity index (χ4n) is 3.66. The molecule has 0 aliphatic carbocycles. The molecule has 4 rings (SSSR count). The maximum atomic E-state index is 5.66. The number of hydrogen-bond donors (Lipinski definition) is 0. The summed E-state index contributed by atoms with van der Waals surface area (Å²) in [5.41, 5.74) is 7.02. The largest absolute Gasteiger partial charge is 0.496 e. The molecule has 0 bridgehead atoms. The minimum Gasteiger partial charge on any atom is -0.496 e. The van der Waals surface area contributed by atoms with Gasteiger partial charge in [0.25, 0.3) is 0 Å². The van der Waals surface area contributed by atoms with Gasteiger partial charge in [-0.2, -0.15) is 0 Å². The second-order valence-electron chi connectivity index (χ2n) is 6.96. The zero-order chi connectivity index (χ0) is 20.1. The van der Waals surface area contributed by atoms with E-state index in [0.717, 1.165) is 29.0 Å². The van der Waals surface area contributed by atoms with E-state index in [1.165, 1.54) is 22.3 Å². The van der Waals surface area contributed by atoms with E-state index in [0.29, 0.717) is 0 Å². The minimum atomic E-state index is 0.730. The van der Waals surface area contributed by atoms with Gasteiger partial charge in [-0.3, -0.25) is 0 Å². The molecule has 4 aromatic rings. The summed E-state index contributed by atoms with van der Waals surface area (Å²) in [5, 5.41) is 0. The van der Waals surface area contributed by atoms with E-state index in [4.69, 9.17) is 9.47 Å². The summed E-state index contributed by atoms with van der Waals surface area (Å²) in [5.74, 6) is 1.77. The Morgan fingerprint density at radius 1 is 0.483 bits per heavy atom. The van der Waals surface area contributed by atoms with E-state index >= 15 is 0 Å². The van der Waals surface area contributed by atoms with Gasteiger partial charge in [-0.25, -0.2) is 0 Å². The van der Waals surface area contributed by atoms with E-state index < -0.39 is 0 Å². The molecule has 0 atom stereocenters. The number of benzene rings is 4. The SMILES string of the molecule is COc1ccc(-c2ccccc2)cc1Cc1cc(-c2ccccc2)ccc1OC. The van der Waals surface area contributed by atoms with Gasteiger partial charge in [-0.15, -0.1) is 0 Å². The minimum absolute atomic E-state index is 0.730. The van der Waals surface area contributed by atoms with Crippen LogP contribution in [0.15, 0.2) is 97.1 Å². The number of rotatable bonds is 6. The number of methoxy groups -OCH3 is 2. The van der Waals surface area contributed by atoms with Gasteiger partial charge in [0.05, 0.1) is 14.2 Å². The molecule has 2 heteroatoms. The van der Waals surface area contributed by atoms with Gasteiger partial charge in [0.1, 0.15) is 11.5 Å². The first kappa shape index (κ1) is 18.8. The topological polar surface area (TPSA) is 18.5 Å². The maximum Gasteiger partial charge on any atom is 0.122 e. The van der Waals surface area contributed by atoms with Crippen LogP contribution in [0.1, 0.15) is 11.1 Å². The molecule has 0 amide bonds. The Kier molecular flexibility index (Phi) is 5.62. The molecule has 2 nitrogen and oxygen atoms in total. The lowest BCUT2D eigenvalue weighted by molar-refractivity contribution is 0.405. The summed E-state index contributed by atoms with van der Waals surface area (Å²) in [7, 11) is 3.44. The first-order valence-electron chi connectivity index (χ1n) is 9.73. The van der Waals surface area contributed by atoms with Gasteiger partial charge >= 0.3 is 0 Å². The average Bonchev–Trinajstić information content (AvgIpc) is 2.80. The quantitative estimate of drug-likeness (QED) is 0.374. The van der Waals surface area contributed by atoms with E-state index in [9.17, 15) is 0 Å². The highest BCUT2D eigenvalue weighted by Gasteiger charge is 2.12. The Labute approximate surface area is 172 Å². The molecule has 4 aromatic carbocycles. The zero-order valence-electron chi connectivity index (χ0n) is 16.8. The Bertz CT molecular complexity index is 997. The van der Waals surface area contributed by atoms with Crippen LogP contribution in [0.25, 0.3) is 22.3 Å². The normalized spacial score (nSPS) is 10.6. The fourth-order valence-corrected chi connectivity index (χ4v) is 3.66. The van der Waals surface area contributed by atoms with Crippen LogP contribution in [-0.4, -0.2) is 14.2 Å². The lowest BCUT2D eigenvalue weighted by Gasteiger charge is -2.15. The van der Waals surface area contributed by atoms with Crippen LogP contribution in [0.5, 0.6) is 11.5 Å². The van der Waals surface area contributed by atoms with Gasteiger partial charge < -0.3 is 9.47 Å². The van der Waals surface area contributed by atoms with Gasteiger partial charge in [0.15, 0.2) is 0 Å². The van der Waals surface area contributed by atoms with E-state index in [-0.39, 0.29) is 0 Å².